The van der Waals surface area contributed by atoms with Gasteiger partial charge in [-0.05, 0) is 36.4 Å². The minimum absolute atomic E-state index is 0.174. The van der Waals surface area contributed by atoms with E-state index in [1.807, 2.05) is 30.9 Å². The molecule has 2 aromatic heterocycles. The average Bonchev–Trinajstić information content (AvgIpc) is 3.33. The molecule has 0 saturated carbocycles. The van der Waals surface area contributed by atoms with Crippen LogP contribution in [0.25, 0.3) is 26.9 Å². The maximum absolute atomic E-state index is 12.1. The molecule has 2 N–H and O–H groups in total. The van der Waals surface area contributed by atoms with E-state index in [1.54, 1.807) is 6.20 Å². The van der Waals surface area contributed by atoms with Crippen LogP contribution in [0.3, 0.4) is 0 Å². The molecule has 4 rings (SSSR count). The molecule has 3 heterocycles. The van der Waals surface area contributed by atoms with Crippen molar-refractivity contribution in [2.24, 2.45) is 0 Å². The normalized spacial score (nSPS) is 16.3. The summed E-state index contributed by atoms with van der Waals surface area (Å²) in [6.45, 7) is 12.8. The summed E-state index contributed by atoms with van der Waals surface area (Å²) in [5.74, 6) is 0.179. The Balaban J connectivity index is 1.90. The van der Waals surface area contributed by atoms with Gasteiger partial charge in [0.25, 0.3) is 0 Å². The second-order valence-corrected chi connectivity index (χ2v) is 7.82. The molecule has 1 saturated heterocycles. The van der Waals surface area contributed by atoms with E-state index in [0.29, 0.717) is 29.4 Å². The van der Waals surface area contributed by atoms with Crippen molar-refractivity contribution in [3.05, 3.63) is 52.7 Å². The third kappa shape index (κ3) is 3.22. The highest BCUT2D eigenvalue weighted by Crippen LogP contribution is 2.41. The van der Waals surface area contributed by atoms with E-state index < -0.39 is 0 Å². The van der Waals surface area contributed by atoms with Gasteiger partial charge in [0.2, 0.25) is 5.91 Å². The van der Waals surface area contributed by atoms with Gasteiger partial charge in [0.15, 0.2) is 5.69 Å². The smallest absolute Gasteiger partial charge is 0.222 e. The van der Waals surface area contributed by atoms with Crippen LogP contribution in [0.15, 0.2) is 30.7 Å². The molecule has 29 heavy (non-hydrogen) atoms. The fraction of sp³-hybridized carbons (Fsp3) is 0.318. The van der Waals surface area contributed by atoms with Crippen LogP contribution in [0.1, 0.15) is 31.4 Å². The number of aromatic nitrogens is 2. The Morgan fingerprint density at radius 2 is 2.17 bits per heavy atom. The molecular formula is C22H22ClN5O. The molecule has 0 radical (unpaired) electrons. The second kappa shape index (κ2) is 7.41. The highest BCUT2D eigenvalue weighted by molar-refractivity contribution is 6.36. The monoisotopic (exact) mass is 407 g/mol. The maximum atomic E-state index is 12.1. The van der Waals surface area contributed by atoms with Gasteiger partial charge >= 0.3 is 0 Å². The lowest BCUT2D eigenvalue weighted by Gasteiger charge is -2.17. The summed E-state index contributed by atoms with van der Waals surface area (Å²) in [5.41, 5.74) is 10.6. The Morgan fingerprint density at radius 1 is 1.38 bits per heavy atom. The predicted molar refractivity (Wildman–Crippen MR) is 116 cm³/mol. The third-order valence-corrected chi connectivity index (χ3v) is 6.10. The summed E-state index contributed by atoms with van der Waals surface area (Å²) in [6, 6.07) is 4.13. The second-order valence-electron chi connectivity index (χ2n) is 7.44. The predicted octanol–water partition coefficient (Wildman–Crippen LogP) is 4.98. The van der Waals surface area contributed by atoms with Crippen LogP contribution in [0.4, 0.5) is 11.4 Å². The zero-order valence-corrected chi connectivity index (χ0v) is 17.2. The largest absolute Gasteiger partial charge is 0.396 e. The quantitative estimate of drug-likeness (QED) is 0.622. The summed E-state index contributed by atoms with van der Waals surface area (Å²) in [7, 11) is 0. The maximum Gasteiger partial charge on any atom is 0.222 e. The van der Waals surface area contributed by atoms with Crippen molar-refractivity contribution >= 4 is 39.8 Å². The Bertz CT molecular complexity index is 1160. The average molecular weight is 408 g/mol. The van der Waals surface area contributed by atoms with Gasteiger partial charge in [0.1, 0.15) is 0 Å². The number of benzene rings is 1. The molecule has 1 fully saturated rings. The van der Waals surface area contributed by atoms with Gasteiger partial charge in [-0.3, -0.25) is 9.78 Å². The number of aryl methyl sites for hydroxylation is 1. The number of amides is 1. The highest BCUT2D eigenvalue weighted by atomic mass is 35.5. The number of pyridine rings is 1. The van der Waals surface area contributed by atoms with Gasteiger partial charge < -0.3 is 15.2 Å². The van der Waals surface area contributed by atoms with E-state index in [9.17, 15) is 4.79 Å². The first-order valence-electron chi connectivity index (χ1n) is 9.64. The minimum atomic E-state index is 0.174. The molecule has 1 aromatic carbocycles. The number of nitrogens with two attached hydrogens (primary N) is 1. The molecule has 1 atom stereocenters. The molecule has 1 unspecified atom stereocenters. The van der Waals surface area contributed by atoms with Crippen molar-refractivity contribution in [2.75, 3.05) is 18.8 Å². The molecular weight excluding hydrogens is 386 g/mol. The molecule has 0 aliphatic carbocycles. The molecule has 3 aromatic rings. The van der Waals surface area contributed by atoms with Gasteiger partial charge in [-0.2, -0.15) is 0 Å². The van der Waals surface area contributed by atoms with Crippen LogP contribution in [0.2, 0.25) is 5.02 Å². The zero-order chi connectivity index (χ0) is 20.7. The molecule has 1 aliphatic heterocycles. The molecule has 1 amide bonds. The van der Waals surface area contributed by atoms with Crippen LogP contribution in [-0.2, 0) is 4.79 Å². The lowest BCUT2D eigenvalue weighted by Crippen LogP contribution is -2.28. The number of rotatable bonds is 3. The topological polar surface area (TPSA) is 68.5 Å². The number of carbonyl (C=O) groups is 1. The van der Waals surface area contributed by atoms with Crippen molar-refractivity contribution in [2.45, 2.75) is 32.7 Å². The molecule has 1 aliphatic rings. The molecule has 0 bridgehead atoms. The molecule has 6 nitrogen and oxygen atoms in total. The number of hydrogen-bond acceptors (Lipinski definition) is 3. The van der Waals surface area contributed by atoms with Gasteiger partial charge in [0, 0.05) is 48.5 Å². The lowest BCUT2D eigenvalue weighted by atomic mass is 10.0. The van der Waals surface area contributed by atoms with Gasteiger partial charge in [-0.15, -0.1) is 0 Å². The fourth-order valence-corrected chi connectivity index (χ4v) is 4.29. The lowest BCUT2D eigenvalue weighted by molar-refractivity contribution is -0.129. The summed E-state index contributed by atoms with van der Waals surface area (Å²) in [5, 5.41) is 1.40. The number of nitrogen functional groups attached to an aromatic ring is 1. The number of hydrogen-bond donors (Lipinski definition) is 1. The SMILES string of the molecule is [C-]#[N+]c1cc2c(-c3cncc(N)c3Cl)cn(C3CCN(C(=O)CC)C3)c2cc1C. The Labute approximate surface area is 174 Å². The van der Waals surface area contributed by atoms with Crippen LogP contribution in [0, 0.1) is 13.5 Å². The van der Waals surface area contributed by atoms with E-state index in [1.165, 1.54) is 6.20 Å². The third-order valence-electron chi connectivity index (χ3n) is 5.68. The van der Waals surface area contributed by atoms with Crippen molar-refractivity contribution in [1.82, 2.24) is 14.5 Å². The van der Waals surface area contributed by atoms with Gasteiger partial charge in [0.05, 0.1) is 29.5 Å². The summed E-state index contributed by atoms with van der Waals surface area (Å²) in [6.07, 6.45) is 6.70. The van der Waals surface area contributed by atoms with E-state index in [4.69, 9.17) is 23.9 Å². The van der Waals surface area contributed by atoms with Crippen LogP contribution in [-0.4, -0.2) is 33.4 Å². The number of anilines is 1. The summed E-state index contributed by atoms with van der Waals surface area (Å²) >= 11 is 6.50. The standard InChI is InChI=1S/C22H22ClN5O/c1-4-21(29)27-6-5-14(11-27)28-12-17(16-9-26-10-18(24)22(16)23)15-8-19(25-3)13(2)7-20(15)28/h7-10,12,14H,4-6,11,24H2,1-2H3. The van der Waals surface area contributed by atoms with Crippen molar-refractivity contribution in [3.63, 3.8) is 0 Å². The summed E-state index contributed by atoms with van der Waals surface area (Å²) in [4.78, 5) is 21.9. The first kappa shape index (κ1) is 19.3. The van der Waals surface area contributed by atoms with Crippen LogP contribution < -0.4 is 5.73 Å². The van der Waals surface area contributed by atoms with Crippen molar-refractivity contribution in [3.8, 4) is 11.1 Å². The van der Waals surface area contributed by atoms with Crippen LogP contribution in [0.5, 0.6) is 0 Å². The van der Waals surface area contributed by atoms with E-state index in [0.717, 1.165) is 40.6 Å². The zero-order valence-electron chi connectivity index (χ0n) is 16.4. The number of likely N-dealkylation sites (tertiary alicyclic amines) is 1. The first-order valence-corrected chi connectivity index (χ1v) is 10.0. The molecule has 148 valence electrons. The number of nitrogens with zero attached hydrogens (tertiary/aromatic N) is 4. The number of carbonyl (C=O) groups excluding carboxylic acids is 1. The number of halogens is 1. The highest BCUT2D eigenvalue weighted by Gasteiger charge is 2.28. The minimum Gasteiger partial charge on any atom is -0.396 e. The van der Waals surface area contributed by atoms with Gasteiger partial charge in [-0.1, -0.05) is 18.5 Å². The van der Waals surface area contributed by atoms with Crippen LogP contribution >= 0.6 is 11.6 Å². The van der Waals surface area contributed by atoms with Crippen molar-refractivity contribution < 1.29 is 4.79 Å². The molecule has 7 heteroatoms. The Morgan fingerprint density at radius 3 is 2.90 bits per heavy atom. The Hall–Kier alpha value is -3.04. The molecule has 0 spiro atoms. The number of fused-ring (bicyclic) bond motifs is 1. The van der Waals surface area contributed by atoms with E-state index in [-0.39, 0.29) is 11.9 Å². The fourth-order valence-electron chi connectivity index (χ4n) is 4.09. The first-order chi connectivity index (χ1) is 13.9. The van der Waals surface area contributed by atoms with E-state index in [2.05, 4.69) is 20.6 Å². The summed E-state index contributed by atoms with van der Waals surface area (Å²) < 4.78 is 2.22. The van der Waals surface area contributed by atoms with Gasteiger partial charge in [-0.25, -0.2) is 4.85 Å². The van der Waals surface area contributed by atoms with E-state index >= 15 is 0 Å². The Kier molecular flexibility index (Phi) is 4.93. The van der Waals surface area contributed by atoms with Crippen molar-refractivity contribution in [1.29, 1.82) is 0 Å².